The van der Waals surface area contributed by atoms with Gasteiger partial charge in [-0.3, -0.25) is 10.2 Å². The first-order valence-electron chi connectivity index (χ1n) is 5.58. The maximum atomic E-state index is 11.2. The van der Waals surface area contributed by atoms with Gasteiger partial charge in [-0.2, -0.15) is 11.8 Å². The van der Waals surface area contributed by atoms with E-state index in [9.17, 15) is 4.79 Å². The monoisotopic (exact) mass is 270 g/mol. The van der Waals surface area contributed by atoms with Crippen molar-refractivity contribution in [1.29, 1.82) is 0 Å². The number of nitrogens with two attached hydrogens (primary N) is 1. The summed E-state index contributed by atoms with van der Waals surface area (Å²) in [5.41, 5.74) is 2.59. The molecule has 100 valence electrons. The number of benzene rings is 1. The van der Waals surface area contributed by atoms with E-state index in [2.05, 4.69) is 5.43 Å². The minimum absolute atomic E-state index is 0.309. The number of hydrogen-bond acceptors (Lipinski definition) is 5. The molecule has 0 saturated heterocycles. The molecule has 1 aromatic carbocycles. The van der Waals surface area contributed by atoms with Crippen LogP contribution in [0.1, 0.15) is 10.4 Å². The van der Waals surface area contributed by atoms with Crippen LogP contribution in [0.5, 0.6) is 5.75 Å². The van der Waals surface area contributed by atoms with Crippen molar-refractivity contribution >= 4 is 17.7 Å². The van der Waals surface area contributed by atoms with Crippen molar-refractivity contribution in [3.63, 3.8) is 0 Å². The molecule has 6 heteroatoms. The van der Waals surface area contributed by atoms with Crippen molar-refractivity contribution in [2.45, 2.75) is 0 Å². The smallest absolute Gasteiger partial charge is 0.265 e. The van der Waals surface area contributed by atoms with Crippen molar-refractivity contribution < 1.29 is 14.3 Å². The van der Waals surface area contributed by atoms with E-state index in [0.29, 0.717) is 12.2 Å². The molecule has 1 rings (SSSR count). The van der Waals surface area contributed by atoms with Crippen LogP contribution in [0, 0.1) is 0 Å². The first kappa shape index (κ1) is 14.8. The molecular weight excluding hydrogens is 252 g/mol. The van der Waals surface area contributed by atoms with E-state index in [1.54, 1.807) is 43.1 Å². The molecule has 0 aromatic heterocycles. The third kappa shape index (κ3) is 5.39. The van der Waals surface area contributed by atoms with Crippen LogP contribution in [-0.2, 0) is 4.74 Å². The van der Waals surface area contributed by atoms with E-state index in [0.717, 1.165) is 23.9 Å². The molecule has 0 heterocycles. The van der Waals surface area contributed by atoms with Crippen LogP contribution in [-0.4, -0.2) is 37.7 Å². The predicted molar refractivity (Wildman–Crippen MR) is 72.8 cm³/mol. The van der Waals surface area contributed by atoms with Gasteiger partial charge in [-0.1, -0.05) is 0 Å². The van der Waals surface area contributed by atoms with Gasteiger partial charge in [0.05, 0.1) is 13.2 Å². The topological polar surface area (TPSA) is 73.6 Å². The summed E-state index contributed by atoms with van der Waals surface area (Å²) >= 11 is 1.78. The molecule has 0 unspecified atom stereocenters. The van der Waals surface area contributed by atoms with Crippen molar-refractivity contribution in [3.05, 3.63) is 29.8 Å². The Hall–Kier alpha value is -1.24. The van der Waals surface area contributed by atoms with Gasteiger partial charge in [0.2, 0.25) is 0 Å². The number of carbonyl (C=O) groups excluding carboxylic acids is 1. The quantitative estimate of drug-likeness (QED) is 0.320. The van der Waals surface area contributed by atoms with E-state index in [-0.39, 0.29) is 5.91 Å². The lowest BCUT2D eigenvalue weighted by Crippen LogP contribution is -2.29. The van der Waals surface area contributed by atoms with Gasteiger partial charge in [-0.25, -0.2) is 5.84 Å². The number of nitrogens with one attached hydrogen (secondary N) is 1. The van der Waals surface area contributed by atoms with Crippen LogP contribution in [0.15, 0.2) is 24.3 Å². The van der Waals surface area contributed by atoms with Crippen LogP contribution < -0.4 is 16.0 Å². The number of ether oxygens (including phenoxy) is 2. The summed E-state index contributed by atoms with van der Waals surface area (Å²) < 4.78 is 10.5. The molecule has 0 saturated carbocycles. The molecule has 0 fully saturated rings. The molecule has 0 aliphatic rings. The molecular formula is C12H18N2O3S. The summed E-state index contributed by atoms with van der Waals surface area (Å²) in [5.74, 6) is 7.35. The summed E-state index contributed by atoms with van der Waals surface area (Å²) in [6.07, 6.45) is 0. The third-order valence-corrected chi connectivity index (χ3v) is 3.09. The number of amides is 1. The number of nitrogen functional groups attached to an aromatic ring is 1. The third-order valence-electron chi connectivity index (χ3n) is 2.18. The van der Waals surface area contributed by atoms with Gasteiger partial charge in [-0.15, -0.1) is 0 Å². The Balaban J connectivity index is 2.25. The zero-order valence-corrected chi connectivity index (χ0v) is 11.2. The number of hydrazine groups is 1. The molecule has 0 bridgehead atoms. The summed E-state index contributed by atoms with van der Waals surface area (Å²) in [7, 11) is 1.69. The molecule has 0 spiro atoms. The second-order valence-electron chi connectivity index (χ2n) is 3.45. The van der Waals surface area contributed by atoms with Crippen LogP contribution in [0.3, 0.4) is 0 Å². The second kappa shape index (κ2) is 8.79. The Morgan fingerprint density at radius 3 is 2.56 bits per heavy atom. The fourth-order valence-electron chi connectivity index (χ4n) is 1.25. The van der Waals surface area contributed by atoms with E-state index in [4.69, 9.17) is 15.3 Å². The van der Waals surface area contributed by atoms with Crippen molar-refractivity contribution in [2.75, 3.05) is 31.8 Å². The molecule has 0 aliphatic heterocycles. The Morgan fingerprint density at radius 1 is 1.28 bits per heavy atom. The van der Waals surface area contributed by atoms with Gasteiger partial charge < -0.3 is 9.47 Å². The van der Waals surface area contributed by atoms with Crippen LogP contribution in [0.4, 0.5) is 0 Å². The largest absolute Gasteiger partial charge is 0.493 e. The summed E-state index contributed by atoms with van der Waals surface area (Å²) in [5, 5.41) is 0. The van der Waals surface area contributed by atoms with E-state index < -0.39 is 0 Å². The zero-order chi connectivity index (χ0) is 13.2. The van der Waals surface area contributed by atoms with Gasteiger partial charge in [0.25, 0.3) is 5.91 Å². The molecule has 0 radical (unpaired) electrons. The second-order valence-corrected chi connectivity index (χ2v) is 4.68. The van der Waals surface area contributed by atoms with Crippen molar-refractivity contribution in [1.82, 2.24) is 5.43 Å². The van der Waals surface area contributed by atoms with Crippen molar-refractivity contribution in [2.24, 2.45) is 5.84 Å². The van der Waals surface area contributed by atoms with Crippen LogP contribution in [0.2, 0.25) is 0 Å². The lowest BCUT2D eigenvalue weighted by atomic mass is 10.2. The molecule has 3 N–H and O–H groups in total. The molecule has 5 nitrogen and oxygen atoms in total. The average Bonchev–Trinajstić information content (AvgIpc) is 2.42. The Kier molecular flexibility index (Phi) is 7.24. The zero-order valence-electron chi connectivity index (χ0n) is 10.3. The Bertz CT molecular complexity index is 357. The molecule has 1 aromatic rings. The Morgan fingerprint density at radius 2 is 1.94 bits per heavy atom. The fraction of sp³-hybridized carbons (Fsp3) is 0.417. The maximum Gasteiger partial charge on any atom is 0.265 e. The van der Waals surface area contributed by atoms with E-state index in [1.165, 1.54) is 0 Å². The Labute approximate surface area is 111 Å². The molecule has 0 atom stereocenters. The molecule has 18 heavy (non-hydrogen) atoms. The van der Waals surface area contributed by atoms with Gasteiger partial charge >= 0.3 is 0 Å². The number of carbonyl (C=O) groups is 1. The number of thioether (sulfide) groups is 1. The van der Waals surface area contributed by atoms with Gasteiger partial charge in [-0.05, 0) is 24.3 Å². The van der Waals surface area contributed by atoms with Crippen LogP contribution in [0.25, 0.3) is 0 Å². The summed E-state index contributed by atoms with van der Waals surface area (Å²) in [4.78, 5) is 11.2. The fourth-order valence-corrected chi connectivity index (χ4v) is 1.94. The normalized spacial score (nSPS) is 10.1. The summed E-state index contributed by atoms with van der Waals surface area (Å²) in [6.45, 7) is 1.39. The van der Waals surface area contributed by atoms with Crippen molar-refractivity contribution in [3.8, 4) is 5.75 Å². The number of hydrogen-bond donors (Lipinski definition) is 2. The number of methoxy groups -OCH3 is 1. The maximum absolute atomic E-state index is 11.2. The first-order valence-corrected chi connectivity index (χ1v) is 6.74. The lowest BCUT2D eigenvalue weighted by molar-refractivity contribution is 0.0953. The summed E-state index contributed by atoms with van der Waals surface area (Å²) in [6, 6.07) is 6.86. The highest BCUT2D eigenvalue weighted by Crippen LogP contribution is 2.12. The lowest BCUT2D eigenvalue weighted by Gasteiger charge is -2.06. The average molecular weight is 270 g/mol. The standard InChI is InChI=1S/C12H18N2O3S/c1-16-6-8-18-9-7-17-11-4-2-10(3-5-11)12(15)14-13/h2-5H,6-9,13H2,1H3,(H,14,15). The van der Waals surface area contributed by atoms with Gasteiger partial charge in [0.15, 0.2) is 0 Å². The minimum atomic E-state index is -0.309. The van der Waals surface area contributed by atoms with E-state index in [1.807, 2.05) is 0 Å². The van der Waals surface area contributed by atoms with Crippen LogP contribution >= 0.6 is 11.8 Å². The SMILES string of the molecule is COCCSCCOc1ccc(C(=O)NN)cc1. The number of rotatable bonds is 8. The highest BCUT2D eigenvalue weighted by molar-refractivity contribution is 7.99. The molecule has 1 amide bonds. The van der Waals surface area contributed by atoms with E-state index >= 15 is 0 Å². The van der Waals surface area contributed by atoms with Gasteiger partial charge in [0, 0.05) is 24.2 Å². The van der Waals surface area contributed by atoms with Gasteiger partial charge in [0.1, 0.15) is 5.75 Å². The highest BCUT2D eigenvalue weighted by Gasteiger charge is 2.02. The first-order chi connectivity index (χ1) is 8.77. The molecule has 0 aliphatic carbocycles. The highest BCUT2D eigenvalue weighted by atomic mass is 32.2. The predicted octanol–water partition coefficient (Wildman–Crippen LogP) is 1.05. The minimum Gasteiger partial charge on any atom is -0.493 e.